The van der Waals surface area contributed by atoms with Crippen LogP contribution >= 0.6 is 0 Å². The Labute approximate surface area is 246 Å². The second kappa shape index (κ2) is 10.1. The Hall–Kier alpha value is -4.04. The molecule has 2 nitrogen and oxygen atoms in total. The SMILES string of the molecule is CCC1(C)c2ccc(-c3ccccc3)cc2-c2ccc(C(C)(C)C)c[n+]2C1c1cccc(C)c1-c1cccc[n+]1C. The van der Waals surface area contributed by atoms with Crippen molar-refractivity contribution in [2.24, 2.45) is 7.05 Å². The van der Waals surface area contributed by atoms with Crippen LogP contribution in [0.1, 0.15) is 69.3 Å². The predicted molar refractivity (Wildman–Crippen MR) is 170 cm³/mol. The first kappa shape index (κ1) is 27.1. The van der Waals surface area contributed by atoms with Crippen molar-refractivity contribution in [3.63, 3.8) is 0 Å². The number of hydrogen-bond acceptors (Lipinski definition) is 0. The summed E-state index contributed by atoms with van der Waals surface area (Å²) in [6, 6.07) is 36.2. The standard InChI is InChI=1S/C39H42N2/c1-8-39(6)33-22-20-29(28-16-10-9-11-17-28)25-32(33)34-23-21-30(38(3,4)5)26-41(34)37(39)31-18-14-15-27(2)36(31)35-19-12-13-24-40(35)7/h9-26,37H,8H2,1-7H3/q+2. The topological polar surface area (TPSA) is 7.76 Å². The zero-order valence-electron chi connectivity index (χ0n) is 25.6. The first-order valence-corrected chi connectivity index (χ1v) is 14.9. The molecule has 5 aromatic rings. The summed E-state index contributed by atoms with van der Waals surface area (Å²) in [5, 5.41) is 0. The van der Waals surface area contributed by atoms with Gasteiger partial charge in [0, 0.05) is 29.3 Å². The van der Waals surface area contributed by atoms with Crippen molar-refractivity contribution in [3.05, 3.63) is 132 Å². The largest absolute Gasteiger partial charge is 0.213 e. The highest BCUT2D eigenvalue weighted by Gasteiger charge is 2.50. The van der Waals surface area contributed by atoms with Crippen LogP contribution in [-0.4, -0.2) is 0 Å². The summed E-state index contributed by atoms with van der Waals surface area (Å²) in [5.41, 5.74) is 13.1. The van der Waals surface area contributed by atoms with Gasteiger partial charge in [-0.3, -0.25) is 0 Å². The molecule has 2 unspecified atom stereocenters. The van der Waals surface area contributed by atoms with E-state index < -0.39 is 0 Å². The number of aryl methyl sites for hydroxylation is 2. The second-order valence-corrected chi connectivity index (χ2v) is 13.0. The van der Waals surface area contributed by atoms with Gasteiger partial charge in [-0.2, -0.15) is 4.57 Å². The lowest BCUT2D eigenvalue weighted by Gasteiger charge is -2.40. The molecule has 0 N–H and O–H groups in total. The zero-order valence-corrected chi connectivity index (χ0v) is 25.6. The second-order valence-electron chi connectivity index (χ2n) is 13.0. The summed E-state index contributed by atoms with van der Waals surface area (Å²) in [4.78, 5) is 0. The smallest absolute Gasteiger partial charge is 0.201 e. The van der Waals surface area contributed by atoms with E-state index in [0.29, 0.717) is 0 Å². The molecule has 1 aliphatic heterocycles. The van der Waals surface area contributed by atoms with Crippen molar-refractivity contribution in [2.75, 3.05) is 0 Å². The molecule has 2 heteroatoms. The molecule has 0 spiro atoms. The van der Waals surface area contributed by atoms with Gasteiger partial charge in [0.1, 0.15) is 7.05 Å². The number of benzene rings is 3. The van der Waals surface area contributed by atoms with Gasteiger partial charge in [-0.05, 0) is 66.1 Å². The number of nitrogens with zero attached hydrogens (tertiary/aromatic N) is 2. The minimum atomic E-state index is -0.116. The maximum Gasteiger partial charge on any atom is 0.213 e. The summed E-state index contributed by atoms with van der Waals surface area (Å²) >= 11 is 0. The van der Waals surface area contributed by atoms with Crippen LogP contribution < -0.4 is 9.13 Å². The minimum absolute atomic E-state index is 0.0443. The van der Waals surface area contributed by atoms with Crippen LogP contribution in [0.15, 0.2) is 109 Å². The highest BCUT2D eigenvalue weighted by Crippen LogP contribution is 2.50. The average Bonchev–Trinajstić information content (AvgIpc) is 2.97. The van der Waals surface area contributed by atoms with Gasteiger partial charge < -0.3 is 0 Å². The predicted octanol–water partition coefficient (Wildman–Crippen LogP) is 8.68. The van der Waals surface area contributed by atoms with Crippen LogP contribution in [0, 0.1) is 6.92 Å². The van der Waals surface area contributed by atoms with Crippen LogP contribution in [0.25, 0.3) is 33.6 Å². The van der Waals surface area contributed by atoms with Crippen LogP contribution in [0.4, 0.5) is 0 Å². The van der Waals surface area contributed by atoms with Crippen LogP contribution in [-0.2, 0) is 17.9 Å². The quantitative estimate of drug-likeness (QED) is 0.202. The van der Waals surface area contributed by atoms with E-state index in [2.05, 4.69) is 167 Å². The van der Waals surface area contributed by atoms with Crippen molar-refractivity contribution in [1.29, 1.82) is 0 Å². The van der Waals surface area contributed by atoms with E-state index in [1.807, 2.05) is 0 Å². The van der Waals surface area contributed by atoms with Crippen LogP contribution in [0.3, 0.4) is 0 Å². The fourth-order valence-corrected chi connectivity index (χ4v) is 6.85. The van der Waals surface area contributed by atoms with Gasteiger partial charge in [0.15, 0.2) is 18.4 Å². The van der Waals surface area contributed by atoms with Crippen LogP contribution in [0.5, 0.6) is 0 Å². The third-order valence-electron chi connectivity index (χ3n) is 9.39. The molecule has 3 heterocycles. The van der Waals surface area contributed by atoms with E-state index in [-0.39, 0.29) is 16.9 Å². The summed E-state index contributed by atoms with van der Waals surface area (Å²) in [6.45, 7) is 14.0. The van der Waals surface area contributed by atoms with Gasteiger partial charge in [-0.25, -0.2) is 4.57 Å². The Kier molecular flexibility index (Phi) is 6.69. The first-order valence-electron chi connectivity index (χ1n) is 14.9. The number of pyridine rings is 2. The lowest BCUT2D eigenvalue weighted by Crippen LogP contribution is -2.55. The Bertz CT molecular complexity index is 1740. The van der Waals surface area contributed by atoms with E-state index in [1.54, 1.807) is 0 Å². The molecule has 2 aromatic heterocycles. The van der Waals surface area contributed by atoms with Crippen molar-refractivity contribution < 1.29 is 9.13 Å². The van der Waals surface area contributed by atoms with Gasteiger partial charge in [0.2, 0.25) is 11.4 Å². The highest BCUT2D eigenvalue weighted by atomic mass is 15.0. The Balaban J connectivity index is 1.68. The van der Waals surface area contributed by atoms with Gasteiger partial charge in [0.25, 0.3) is 0 Å². The lowest BCUT2D eigenvalue weighted by atomic mass is 9.65. The van der Waals surface area contributed by atoms with E-state index in [0.717, 1.165) is 6.42 Å². The molecule has 1 aliphatic rings. The summed E-state index contributed by atoms with van der Waals surface area (Å²) in [5.74, 6) is 0. The first-order chi connectivity index (χ1) is 19.6. The minimum Gasteiger partial charge on any atom is -0.201 e. The monoisotopic (exact) mass is 538 g/mol. The summed E-state index contributed by atoms with van der Waals surface area (Å²) in [7, 11) is 2.16. The molecule has 6 rings (SSSR count). The molecular weight excluding hydrogens is 496 g/mol. The average molecular weight is 539 g/mol. The fraction of sp³-hybridized carbons (Fsp3) is 0.282. The van der Waals surface area contributed by atoms with Gasteiger partial charge in [-0.1, -0.05) is 88.4 Å². The van der Waals surface area contributed by atoms with Crippen molar-refractivity contribution in [1.82, 2.24) is 0 Å². The summed E-state index contributed by atoms with van der Waals surface area (Å²) in [6.07, 6.45) is 5.63. The number of hydrogen-bond donors (Lipinski definition) is 0. The van der Waals surface area contributed by atoms with E-state index >= 15 is 0 Å². The maximum atomic E-state index is 2.61. The lowest BCUT2D eigenvalue weighted by molar-refractivity contribution is -0.715. The molecule has 0 aliphatic carbocycles. The van der Waals surface area contributed by atoms with Gasteiger partial charge in [-0.15, -0.1) is 0 Å². The molecule has 0 fully saturated rings. The molecule has 206 valence electrons. The number of fused-ring (bicyclic) bond motifs is 3. The van der Waals surface area contributed by atoms with Crippen molar-refractivity contribution >= 4 is 0 Å². The van der Waals surface area contributed by atoms with Crippen molar-refractivity contribution in [2.45, 2.75) is 64.8 Å². The number of aromatic nitrogens is 2. The van der Waals surface area contributed by atoms with E-state index in [1.165, 1.54) is 55.9 Å². The molecule has 0 saturated carbocycles. The molecule has 0 saturated heterocycles. The third kappa shape index (κ3) is 4.50. The number of rotatable bonds is 4. The molecular formula is C39H42N2+2. The van der Waals surface area contributed by atoms with E-state index in [4.69, 9.17) is 0 Å². The van der Waals surface area contributed by atoms with E-state index in [9.17, 15) is 0 Å². The maximum absolute atomic E-state index is 2.61. The normalized spacial score (nSPS) is 18.1. The third-order valence-corrected chi connectivity index (χ3v) is 9.39. The molecule has 0 radical (unpaired) electrons. The molecule has 41 heavy (non-hydrogen) atoms. The Morgan fingerprint density at radius 1 is 0.780 bits per heavy atom. The Morgan fingerprint density at radius 3 is 2.24 bits per heavy atom. The molecule has 2 atom stereocenters. The fourth-order valence-electron chi connectivity index (χ4n) is 6.85. The van der Waals surface area contributed by atoms with Gasteiger partial charge in [0.05, 0.1) is 16.5 Å². The zero-order chi connectivity index (χ0) is 28.9. The summed E-state index contributed by atoms with van der Waals surface area (Å²) < 4.78 is 4.87. The van der Waals surface area contributed by atoms with Gasteiger partial charge >= 0.3 is 0 Å². The Morgan fingerprint density at radius 2 is 1.54 bits per heavy atom. The van der Waals surface area contributed by atoms with Crippen LogP contribution in [0.2, 0.25) is 0 Å². The molecule has 3 aromatic carbocycles. The van der Waals surface area contributed by atoms with Crippen molar-refractivity contribution in [3.8, 4) is 33.6 Å². The highest BCUT2D eigenvalue weighted by molar-refractivity contribution is 5.76. The molecule has 0 bridgehead atoms. The molecule has 0 amide bonds.